The molecule has 1 aliphatic heterocycles. The van der Waals surface area contributed by atoms with Gasteiger partial charge < -0.3 is 9.64 Å². The second kappa shape index (κ2) is 10.3. The van der Waals surface area contributed by atoms with E-state index in [2.05, 4.69) is 4.98 Å². The maximum atomic E-state index is 13.7. The van der Waals surface area contributed by atoms with Crippen molar-refractivity contribution < 1.29 is 17.9 Å². The van der Waals surface area contributed by atoms with E-state index < -0.39 is 15.6 Å². The lowest BCUT2D eigenvalue weighted by Gasteiger charge is -2.34. The second-order valence-electron chi connectivity index (χ2n) is 9.47. The number of thiophene rings is 1. The van der Waals surface area contributed by atoms with E-state index in [1.165, 1.54) is 31.4 Å². The number of benzene rings is 1. The third-order valence-electron chi connectivity index (χ3n) is 6.44. The van der Waals surface area contributed by atoms with Gasteiger partial charge in [0, 0.05) is 25.0 Å². The molecule has 9 nitrogen and oxygen atoms in total. The Morgan fingerprint density at radius 1 is 1.22 bits per heavy atom. The van der Waals surface area contributed by atoms with E-state index in [9.17, 15) is 18.0 Å². The van der Waals surface area contributed by atoms with Gasteiger partial charge in [-0.05, 0) is 44.2 Å². The number of hydrogen-bond donors (Lipinski definition) is 0. The Morgan fingerprint density at radius 3 is 2.56 bits per heavy atom. The first-order valence-corrected chi connectivity index (χ1v) is 14.3. The number of carbonyl (C=O) groups excluding carboxylic acids is 1. The Kier molecular flexibility index (Phi) is 7.53. The summed E-state index contributed by atoms with van der Waals surface area (Å²) in [5, 5.41) is 0.0519. The molecule has 4 rings (SSSR count). The van der Waals surface area contributed by atoms with E-state index in [-0.39, 0.29) is 34.6 Å². The van der Waals surface area contributed by atoms with E-state index in [0.29, 0.717) is 40.8 Å². The zero-order chi connectivity index (χ0) is 26.2. The molecule has 2 aromatic heterocycles. The summed E-state index contributed by atoms with van der Waals surface area (Å²) in [6.07, 6.45) is 2.27. The molecular weight excluding hydrogens is 500 g/mol. The normalized spacial score (nSPS) is 18.9. The molecule has 3 heterocycles. The van der Waals surface area contributed by atoms with Crippen LogP contribution in [0.3, 0.4) is 0 Å². The summed E-state index contributed by atoms with van der Waals surface area (Å²) >= 11 is 1.18. The highest BCUT2D eigenvalue weighted by molar-refractivity contribution is 7.89. The van der Waals surface area contributed by atoms with Crippen molar-refractivity contribution >= 4 is 43.2 Å². The first-order valence-electron chi connectivity index (χ1n) is 12.0. The monoisotopic (exact) mass is 532 g/mol. The highest BCUT2D eigenvalue weighted by atomic mass is 32.2. The lowest BCUT2D eigenvalue weighted by molar-refractivity contribution is -0.118. The van der Waals surface area contributed by atoms with Crippen molar-refractivity contribution in [3.8, 4) is 5.75 Å². The van der Waals surface area contributed by atoms with Crippen molar-refractivity contribution in [1.29, 1.82) is 0 Å². The van der Waals surface area contributed by atoms with Crippen molar-refractivity contribution in [3.05, 3.63) is 45.8 Å². The summed E-state index contributed by atoms with van der Waals surface area (Å²) < 4.78 is 35.7. The van der Waals surface area contributed by atoms with Gasteiger partial charge in [0.05, 0.1) is 24.0 Å². The van der Waals surface area contributed by atoms with Crippen LogP contribution in [0.1, 0.15) is 32.1 Å². The molecule has 0 bridgehead atoms. The lowest BCUT2D eigenvalue weighted by Crippen LogP contribution is -2.43. The first-order chi connectivity index (χ1) is 17.0. The van der Waals surface area contributed by atoms with Crippen LogP contribution in [0.25, 0.3) is 10.2 Å². The zero-order valence-corrected chi connectivity index (χ0v) is 22.9. The Bertz CT molecular complexity index is 1440. The Morgan fingerprint density at radius 2 is 1.89 bits per heavy atom. The van der Waals surface area contributed by atoms with Crippen LogP contribution in [0.5, 0.6) is 5.75 Å². The van der Waals surface area contributed by atoms with Crippen LogP contribution in [0.2, 0.25) is 0 Å². The second-order valence-corrected chi connectivity index (χ2v) is 12.5. The van der Waals surface area contributed by atoms with Crippen molar-refractivity contribution in [1.82, 2.24) is 13.9 Å². The summed E-state index contributed by atoms with van der Waals surface area (Å²) in [5.41, 5.74) is 0.0373. The fraction of sp³-hybridized carbons (Fsp3) is 0.480. The van der Waals surface area contributed by atoms with Crippen molar-refractivity contribution in [2.75, 3.05) is 31.6 Å². The highest BCUT2D eigenvalue weighted by Gasteiger charge is 2.36. The number of piperidine rings is 1. The topological polar surface area (TPSA) is 102 Å². The average molecular weight is 533 g/mol. The molecular formula is C25H32N4O5S2. The van der Waals surface area contributed by atoms with Crippen LogP contribution in [0.15, 0.2) is 40.3 Å². The predicted molar refractivity (Wildman–Crippen MR) is 141 cm³/mol. The molecule has 3 aromatic rings. The molecule has 1 saturated heterocycles. The number of aromatic nitrogens is 2. The van der Waals surface area contributed by atoms with E-state index in [1.54, 1.807) is 32.2 Å². The van der Waals surface area contributed by atoms with Gasteiger partial charge in [-0.1, -0.05) is 26.0 Å². The van der Waals surface area contributed by atoms with Crippen LogP contribution in [-0.2, 0) is 21.4 Å². The molecule has 2 atom stereocenters. The first kappa shape index (κ1) is 26.3. The van der Waals surface area contributed by atoms with E-state index in [0.717, 1.165) is 6.42 Å². The van der Waals surface area contributed by atoms with Gasteiger partial charge in [-0.2, -0.15) is 4.31 Å². The van der Waals surface area contributed by atoms with Crippen molar-refractivity contribution in [2.24, 2.45) is 11.8 Å². The number of fused-ring (bicyclic) bond motifs is 1. The van der Waals surface area contributed by atoms with Gasteiger partial charge in [0.25, 0.3) is 5.56 Å². The summed E-state index contributed by atoms with van der Waals surface area (Å²) in [4.78, 5) is 33.3. The third kappa shape index (κ3) is 4.91. The molecule has 194 valence electrons. The molecule has 2 unspecified atom stereocenters. The number of aryl methyl sites for hydroxylation is 1. The predicted octanol–water partition coefficient (Wildman–Crippen LogP) is 3.49. The van der Waals surface area contributed by atoms with E-state index in [4.69, 9.17) is 4.74 Å². The van der Waals surface area contributed by atoms with Gasteiger partial charge in [0.15, 0.2) is 0 Å². The minimum Gasteiger partial charge on any atom is -0.492 e. The van der Waals surface area contributed by atoms with Gasteiger partial charge in [0.1, 0.15) is 22.0 Å². The van der Waals surface area contributed by atoms with Crippen LogP contribution < -0.4 is 15.2 Å². The number of ether oxygens (including phenoxy) is 1. The maximum absolute atomic E-state index is 13.7. The molecule has 0 N–H and O–H groups in total. The van der Waals surface area contributed by atoms with Gasteiger partial charge in [-0.25, -0.2) is 13.4 Å². The molecule has 11 heteroatoms. The molecule has 1 amide bonds. The quantitative estimate of drug-likeness (QED) is 0.462. The Balaban J connectivity index is 1.71. The minimum atomic E-state index is -3.90. The summed E-state index contributed by atoms with van der Waals surface area (Å²) in [6, 6.07) is 7.16. The standard InChI is InChI=1S/C25H32N4O5S2/c1-6-34-20-10-8-7-9-19(20)27(5)21(30)14-28-15-26-24-22(25(28)31)23(18(4)35-24)36(32,33)29-12-16(2)11-17(3)13-29/h7-10,15-17H,6,11-14H2,1-5H3. The zero-order valence-electron chi connectivity index (χ0n) is 21.2. The van der Waals surface area contributed by atoms with Crippen LogP contribution in [0.4, 0.5) is 5.69 Å². The lowest BCUT2D eigenvalue weighted by atomic mass is 9.94. The minimum absolute atomic E-state index is 0.0122. The fourth-order valence-corrected chi connectivity index (χ4v) is 8.21. The van der Waals surface area contributed by atoms with E-state index >= 15 is 0 Å². The van der Waals surface area contributed by atoms with Crippen molar-refractivity contribution in [2.45, 2.75) is 45.6 Å². The number of likely N-dealkylation sites (N-methyl/N-ethyl adjacent to an activating group) is 1. The maximum Gasteiger partial charge on any atom is 0.263 e. The number of anilines is 1. The number of rotatable bonds is 7. The van der Waals surface area contributed by atoms with Gasteiger partial charge in [-0.3, -0.25) is 14.2 Å². The molecule has 0 spiro atoms. The summed E-state index contributed by atoms with van der Waals surface area (Å²) in [5.74, 6) is 0.663. The number of carbonyl (C=O) groups is 1. The molecule has 36 heavy (non-hydrogen) atoms. The summed E-state index contributed by atoms with van der Waals surface area (Å²) in [6.45, 7) is 8.63. The smallest absolute Gasteiger partial charge is 0.263 e. The molecule has 0 radical (unpaired) electrons. The van der Waals surface area contributed by atoms with E-state index in [1.807, 2.05) is 26.8 Å². The third-order valence-corrected chi connectivity index (χ3v) is 9.59. The van der Waals surface area contributed by atoms with Crippen LogP contribution in [0, 0.1) is 18.8 Å². The molecule has 0 aliphatic carbocycles. The number of para-hydroxylation sites is 2. The number of hydrogen-bond acceptors (Lipinski definition) is 7. The molecule has 0 saturated carbocycles. The summed E-state index contributed by atoms with van der Waals surface area (Å²) in [7, 11) is -2.29. The molecule has 1 fully saturated rings. The number of amides is 1. The number of nitrogens with zero attached hydrogens (tertiary/aromatic N) is 4. The largest absolute Gasteiger partial charge is 0.492 e. The fourth-order valence-electron chi connectivity index (χ4n) is 4.87. The van der Waals surface area contributed by atoms with Crippen LogP contribution in [-0.4, -0.2) is 54.9 Å². The molecule has 1 aromatic carbocycles. The average Bonchev–Trinajstić information content (AvgIpc) is 3.17. The number of sulfonamides is 1. The SMILES string of the molecule is CCOc1ccccc1N(C)C(=O)Cn1cnc2sc(C)c(S(=O)(=O)N3CC(C)CC(C)C3)c2c1=O. The van der Waals surface area contributed by atoms with Gasteiger partial charge in [0.2, 0.25) is 15.9 Å². The Hall–Kier alpha value is -2.76. The highest BCUT2D eigenvalue weighted by Crippen LogP contribution is 2.35. The van der Waals surface area contributed by atoms with Crippen LogP contribution >= 0.6 is 11.3 Å². The Labute approximate surface area is 215 Å². The molecule has 1 aliphatic rings. The van der Waals surface area contributed by atoms with Gasteiger partial charge in [-0.15, -0.1) is 11.3 Å². The van der Waals surface area contributed by atoms with Crippen molar-refractivity contribution in [3.63, 3.8) is 0 Å². The van der Waals surface area contributed by atoms with Gasteiger partial charge >= 0.3 is 0 Å².